The lowest BCUT2D eigenvalue weighted by atomic mass is 10.5. The van der Waals surface area contributed by atoms with Crippen LogP contribution in [0.2, 0.25) is 0 Å². The topological polar surface area (TPSA) is 122 Å². The summed E-state index contributed by atoms with van der Waals surface area (Å²) in [6, 6.07) is 4.89. The van der Waals surface area contributed by atoms with Crippen LogP contribution >= 0.6 is 0 Å². The van der Waals surface area contributed by atoms with Crippen molar-refractivity contribution >= 4 is 20.2 Å². The molecule has 0 saturated heterocycles. The van der Waals surface area contributed by atoms with Crippen LogP contribution in [0.25, 0.3) is 0 Å². The fourth-order valence-electron chi connectivity index (χ4n) is 0.904. The molecule has 0 spiro atoms. The maximum absolute atomic E-state index is 11.4. The van der Waals surface area contributed by atoms with Crippen molar-refractivity contribution in [3.63, 3.8) is 0 Å². The summed E-state index contributed by atoms with van der Waals surface area (Å²) in [6.07, 6.45) is 2.11. The van der Waals surface area contributed by atoms with Gasteiger partial charge in [-0.2, -0.15) is 8.42 Å². The third kappa shape index (κ3) is 8.74. The molecule has 1 aromatic rings. The molecular formula is C8H13NO6S2. The Morgan fingerprint density at radius 1 is 1.18 bits per heavy atom. The summed E-state index contributed by atoms with van der Waals surface area (Å²) in [5.41, 5.74) is 0. The van der Waals surface area contributed by atoms with Crippen LogP contribution in [-0.4, -0.2) is 36.7 Å². The highest BCUT2D eigenvalue weighted by Crippen LogP contribution is 2.06. The quantitative estimate of drug-likeness (QED) is 0.779. The Morgan fingerprint density at radius 3 is 2.06 bits per heavy atom. The lowest BCUT2D eigenvalue weighted by Crippen LogP contribution is -2.07. The molecule has 0 saturated carbocycles. The summed E-state index contributed by atoms with van der Waals surface area (Å²) in [6.45, 7) is 1.83. The van der Waals surface area contributed by atoms with E-state index in [9.17, 15) is 8.42 Å². The van der Waals surface area contributed by atoms with Crippen molar-refractivity contribution in [1.82, 2.24) is 4.98 Å². The van der Waals surface area contributed by atoms with E-state index >= 15 is 0 Å². The second-order valence-corrected chi connectivity index (χ2v) is 5.89. The summed E-state index contributed by atoms with van der Waals surface area (Å²) in [7, 11) is -7.79. The van der Waals surface area contributed by atoms with Gasteiger partial charge in [0, 0.05) is 6.20 Å². The van der Waals surface area contributed by atoms with E-state index < -0.39 is 20.2 Å². The van der Waals surface area contributed by atoms with Crippen molar-refractivity contribution in [2.45, 2.75) is 18.4 Å². The molecule has 2 N–H and O–H groups in total. The number of hydrogen-bond donors (Lipinski definition) is 2. The fourth-order valence-corrected chi connectivity index (χ4v) is 2.16. The average Bonchev–Trinajstić information content (AvgIpc) is 2.16. The SMILES string of the molecule is CCCS(=O)(=O)c1ccccn1.O=S(=O)(O)O. The van der Waals surface area contributed by atoms with Crippen molar-refractivity contribution in [3.8, 4) is 0 Å². The van der Waals surface area contributed by atoms with Gasteiger partial charge in [-0.1, -0.05) is 13.0 Å². The molecule has 0 amide bonds. The molecule has 7 nitrogen and oxygen atoms in total. The summed E-state index contributed by atoms with van der Waals surface area (Å²) < 4.78 is 54.3. The van der Waals surface area contributed by atoms with E-state index in [-0.39, 0.29) is 10.8 Å². The summed E-state index contributed by atoms with van der Waals surface area (Å²) in [5.74, 6) is 0.171. The zero-order chi connectivity index (χ0) is 13.5. The molecule has 9 heteroatoms. The number of rotatable bonds is 3. The molecule has 0 atom stereocenters. The molecular weight excluding hydrogens is 270 g/mol. The molecule has 1 rings (SSSR count). The molecule has 0 aliphatic heterocycles. The van der Waals surface area contributed by atoms with Gasteiger partial charge >= 0.3 is 10.4 Å². The zero-order valence-corrected chi connectivity index (χ0v) is 10.6. The monoisotopic (exact) mass is 283 g/mol. The van der Waals surface area contributed by atoms with Crippen molar-refractivity contribution in [2.75, 3.05) is 5.75 Å². The van der Waals surface area contributed by atoms with E-state index in [0.29, 0.717) is 6.42 Å². The van der Waals surface area contributed by atoms with Gasteiger partial charge in [-0.25, -0.2) is 13.4 Å². The average molecular weight is 283 g/mol. The largest absolute Gasteiger partial charge is 0.394 e. The Kier molecular flexibility index (Phi) is 6.24. The van der Waals surface area contributed by atoms with Gasteiger partial charge in [0.1, 0.15) is 0 Å². The highest BCUT2D eigenvalue weighted by atomic mass is 32.3. The molecule has 98 valence electrons. The first-order valence-corrected chi connectivity index (χ1v) is 7.55. The Hall–Kier alpha value is -1.03. The van der Waals surface area contributed by atoms with Gasteiger partial charge in [-0.05, 0) is 18.6 Å². The van der Waals surface area contributed by atoms with Crippen LogP contribution in [0.1, 0.15) is 13.3 Å². The molecule has 0 aliphatic rings. The Morgan fingerprint density at radius 2 is 1.71 bits per heavy atom. The van der Waals surface area contributed by atoms with Crippen molar-refractivity contribution in [2.24, 2.45) is 0 Å². The maximum Gasteiger partial charge on any atom is 0.394 e. The van der Waals surface area contributed by atoms with Gasteiger partial charge in [-0.15, -0.1) is 0 Å². The van der Waals surface area contributed by atoms with Gasteiger partial charge in [0.25, 0.3) is 0 Å². The highest BCUT2D eigenvalue weighted by Gasteiger charge is 2.12. The van der Waals surface area contributed by atoms with Crippen LogP contribution in [0.5, 0.6) is 0 Å². The molecule has 0 bridgehead atoms. The third-order valence-corrected chi connectivity index (χ3v) is 3.25. The Balaban J connectivity index is 0.000000437. The Bertz CT molecular complexity index is 514. The van der Waals surface area contributed by atoms with Crippen LogP contribution in [0.3, 0.4) is 0 Å². The lowest BCUT2D eigenvalue weighted by molar-refractivity contribution is 0.381. The number of aromatic nitrogens is 1. The van der Waals surface area contributed by atoms with E-state index in [1.165, 1.54) is 12.3 Å². The smallest absolute Gasteiger partial charge is 0.264 e. The number of pyridine rings is 1. The third-order valence-electron chi connectivity index (χ3n) is 1.43. The van der Waals surface area contributed by atoms with E-state index in [1.807, 2.05) is 6.92 Å². The van der Waals surface area contributed by atoms with Crippen molar-refractivity contribution < 1.29 is 25.9 Å². The van der Waals surface area contributed by atoms with Gasteiger partial charge in [0.15, 0.2) is 14.9 Å². The molecule has 1 heterocycles. The summed E-state index contributed by atoms with van der Waals surface area (Å²) in [4.78, 5) is 3.78. The fraction of sp³-hybridized carbons (Fsp3) is 0.375. The molecule has 1 aromatic heterocycles. The van der Waals surface area contributed by atoms with Gasteiger partial charge in [0.2, 0.25) is 0 Å². The number of nitrogens with zero attached hydrogens (tertiary/aromatic N) is 1. The predicted molar refractivity (Wildman–Crippen MR) is 60.8 cm³/mol. The molecule has 0 fully saturated rings. The Labute approximate surface area is 100 Å². The minimum absolute atomic E-state index is 0.171. The molecule has 0 unspecified atom stereocenters. The first-order chi connectivity index (χ1) is 7.67. The summed E-state index contributed by atoms with van der Waals surface area (Å²) >= 11 is 0. The highest BCUT2D eigenvalue weighted by molar-refractivity contribution is 7.91. The van der Waals surface area contributed by atoms with E-state index in [1.54, 1.807) is 12.1 Å². The van der Waals surface area contributed by atoms with Crippen LogP contribution in [-0.2, 0) is 20.2 Å². The minimum Gasteiger partial charge on any atom is -0.264 e. The second-order valence-electron chi connectivity index (χ2n) is 2.93. The van der Waals surface area contributed by atoms with E-state index in [0.717, 1.165) is 0 Å². The first kappa shape index (κ1) is 16.0. The van der Waals surface area contributed by atoms with E-state index in [2.05, 4.69) is 4.98 Å². The van der Waals surface area contributed by atoms with E-state index in [4.69, 9.17) is 17.5 Å². The summed E-state index contributed by atoms with van der Waals surface area (Å²) in [5, 5.41) is 0.173. The molecule has 0 aliphatic carbocycles. The van der Waals surface area contributed by atoms with Crippen LogP contribution < -0.4 is 0 Å². The van der Waals surface area contributed by atoms with Crippen molar-refractivity contribution in [3.05, 3.63) is 24.4 Å². The standard InChI is InChI=1S/C8H11NO2S.H2O4S/c1-2-7-12(10,11)8-5-3-4-6-9-8;1-5(2,3)4/h3-6H,2,7H2,1H3;(H2,1,2,3,4). The maximum atomic E-state index is 11.4. The zero-order valence-electron chi connectivity index (χ0n) is 9.01. The van der Waals surface area contributed by atoms with Crippen molar-refractivity contribution in [1.29, 1.82) is 0 Å². The minimum atomic E-state index is -4.67. The molecule has 0 aromatic carbocycles. The van der Waals surface area contributed by atoms with Gasteiger partial charge < -0.3 is 0 Å². The van der Waals surface area contributed by atoms with Crippen LogP contribution in [0.4, 0.5) is 0 Å². The normalized spacial score (nSPS) is 11.5. The number of sulfone groups is 1. The van der Waals surface area contributed by atoms with Gasteiger partial charge in [0.05, 0.1) is 5.75 Å². The molecule has 17 heavy (non-hydrogen) atoms. The molecule has 0 radical (unpaired) electrons. The first-order valence-electron chi connectivity index (χ1n) is 4.50. The van der Waals surface area contributed by atoms with Gasteiger partial charge in [-0.3, -0.25) is 9.11 Å². The second kappa shape index (κ2) is 6.64. The number of hydrogen-bond acceptors (Lipinski definition) is 5. The van der Waals surface area contributed by atoms with Crippen LogP contribution in [0.15, 0.2) is 29.4 Å². The predicted octanol–water partition coefficient (Wildman–Crippen LogP) is 0.612. The lowest BCUT2D eigenvalue weighted by Gasteiger charge is -1.99. The van der Waals surface area contributed by atoms with Crippen LogP contribution in [0, 0.1) is 0 Å².